The minimum absolute atomic E-state index is 0.0503. The maximum absolute atomic E-state index is 5.98. The summed E-state index contributed by atoms with van der Waals surface area (Å²) in [5, 5.41) is 0. The van der Waals surface area contributed by atoms with E-state index < -0.39 is 0 Å². The molecule has 3 aromatic rings. The molecule has 3 aromatic carbocycles. The van der Waals surface area contributed by atoms with E-state index in [1.807, 2.05) is 56.3 Å². The van der Waals surface area contributed by atoms with Crippen molar-refractivity contribution in [1.29, 1.82) is 0 Å². The van der Waals surface area contributed by atoms with Gasteiger partial charge in [-0.3, -0.25) is 0 Å². The Morgan fingerprint density at radius 2 is 1.42 bits per heavy atom. The van der Waals surface area contributed by atoms with Gasteiger partial charge in [0.1, 0.15) is 11.5 Å². The summed E-state index contributed by atoms with van der Waals surface area (Å²) >= 11 is 0. The zero-order valence-corrected chi connectivity index (χ0v) is 19.2. The highest BCUT2D eigenvalue weighted by Crippen LogP contribution is 2.36. The van der Waals surface area contributed by atoms with Crippen LogP contribution >= 0.6 is 0 Å². The van der Waals surface area contributed by atoms with Crippen LogP contribution in [0.3, 0.4) is 0 Å². The van der Waals surface area contributed by atoms with Gasteiger partial charge in [0.25, 0.3) is 0 Å². The molecule has 0 amide bonds. The third-order valence-electron chi connectivity index (χ3n) is 5.47. The maximum Gasteiger partial charge on any atom is 0.161 e. The van der Waals surface area contributed by atoms with E-state index in [4.69, 9.17) is 14.2 Å². The zero-order valence-electron chi connectivity index (χ0n) is 19.2. The molecule has 0 aliphatic rings. The van der Waals surface area contributed by atoms with Crippen molar-refractivity contribution >= 4 is 0 Å². The maximum atomic E-state index is 5.98. The SMILES string of the molecule is CCOc1ccc(C(C)(C)CCCc2cccc(Oc3ccccc3)c2)cc1OCC. The summed E-state index contributed by atoms with van der Waals surface area (Å²) in [7, 11) is 0. The second-order valence-corrected chi connectivity index (χ2v) is 8.33. The minimum atomic E-state index is 0.0503. The monoisotopic (exact) mass is 418 g/mol. The van der Waals surface area contributed by atoms with E-state index in [9.17, 15) is 0 Å². The van der Waals surface area contributed by atoms with E-state index in [2.05, 4.69) is 44.2 Å². The van der Waals surface area contributed by atoms with Crippen LogP contribution in [-0.4, -0.2) is 13.2 Å². The molecule has 0 heterocycles. The van der Waals surface area contributed by atoms with Crippen molar-refractivity contribution in [3.8, 4) is 23.0 Å². The molecule has 3 heteroatoms. The highest BCUT2D eigenvalue weighted by Gasteiger charge is 2.22. The lowest BCUT2D eigenvalue weighted by Gasteiger charge is -2.26. The molecule has 0 fully saturated rings. The molecule has 0 unspecified atom stereocenters. The first-order chi connectivity index (χ1) is 15.0. The molecule has 0 atom stereocenters. The summed E-state index contributed by atoms with van der Waals surface area (Å²) in [4.78, 5) is 0. The predicted octanol–water partition coefficient (Wildman–Crippen LogP) is 7.58. The number of rotatable bonds is 11. The van der Waals surface area contributed by atoms with Crippen LogP contribution in [-0.2, 0) is 11.8 Å². The summed E-state index contributed by atoms with van der Waals surface area (Å²) in [5.74, 6) is 3.40. The number of para-hydroxylation sites is 1. The highest BCUT2D eigenvalue weighted by molar-refractivity contribution is 5.45. The Morgan fingerprint density at radius 3 is 2.16 bits per heavy atom. The molecule has 0 bridgehead atoms. The van der Waals surface area contributed by atoms with E-state index in [-0.39, 0.29) is 5.41 Å². The van der Waals surface area contributed by atoms with Crippen molar-refractivity contribution in [1.82, 2.24) is 0 Å². The molecular weight excluding hydrogens is 384 g/mol. The van der Waals surface area contributed by atoms with E-state index in [0.717, 1.165) is 42.3 Å². The summed E-state index contributed by atoms with van der Waals surface area (Å²) in [6.07, 6.45) is 3.19. The fourth-order valence-electron chi connectivity index (χ4n) is 3.74. The van der Waals surface area contributed by atoms with E-state index in [1.54, 1.807) is 0 Å². The van der Waals surface area contributed by atoms with Crippen molar-refractivity contribution in [2.24, 2.45) is 0 Å². The average Bonchev–Trinajstić information content (AvgIpc) is 2.76. The molecule has 0 aliphatic carbocycles. The number of hydrogen-bond acceptors (Lipinski definition) is 3. The lowest BCUT2D eigenvalue weighted by Crippen LogP contribution is -2.17. The van der Waals surface area contributed by atoms with Gasteiger partial charge in [-0.1, -0.05) is 50.2 Å². The molecule has 0 saturated carbocycles. The normalized spacial score (nSPS) is 11.2. The van der Waals surface area contributed by atoms with Gasteiger partial charge >= 0.3 is 0 Å². The lowest BCUT2D eigenvalue weighted by molar-refractivity contribution is 0.286. The molecule has 3 nitrogen and oxygen atoms in total. The van der Waals surface area contributed by atoms with Gasteiger partial charge in [-0.05, 0) is 86.1 Å². The third-order valence-corrected chi connectivity index (χ3v) is 5.47. The fourth-order valence-corrected chi connectivity index (χ4v) is 3.74. The minimum Gasteiger partial charge on any atom is -0.490 e. The van der Waals surface area contributed by atoms with E-state index in [0.29, 0.717) is 13.2 Å². The van der Waals surface area contributed by atoms with Gasteiger partial charge in [0.05, 0.1) is 13.2 Å². The van der Waals surface area contributed by atoms with Crippen molar-refractivity contribution in [3.05, 3.63) is 83.9 Å². The Kier molecular flexibility index (Phi) is 8.00. The Morgan fingerprint density at radius 1 is 0.710 bits per heavy atom. The van der Waals surface area contributed by atoms with Crippen LogP contribution in [0.4, 0.5) is 0 Å². The van der Waals surface area contributed by atoms with Crippen LogP contribution in [0, 0.1) is 0 Å². The van der Waals surface area contributed by atoms with Crippen LogP contribution in [0.15, 0.2) is 72.8 Å². The Hall–Kier alpha value is -2.94. The summed E-state index contributed by atoms with van der Waals surface area (Å²) < 4.78 is 17.5. The molecule has 31 heavy (non-hydrogen) atoms. The first-order valence-electron chi connectivity index (χ1n) is 11.2. The second kappa shape index (κ2) is 10.9. The summed E-state index contributed by atoms with van der Waals surface area (Å²) in [6, 6.07) is 24.7. The highest BCUT2D eigenvalue weighted by atomic mass is 16.5. The van der Waals surface area contributed by atoms with Gasteiger partial charge in [-0.15, -0.1) is 0 Å². The van der Waals surface area contributed by atoms with Crippen molar-refractivity contribution in [3.63, 3.8) is 0 Å². The molecule has 0 aromatic heterocycles. The largest absolute Gasteiger partial charge is 0.490 e. The average molecular weight is 419 g/mol. The van der Waals surface area contributed by atoms with Gasteiger partial charge in [0, 0.05) is 0 Å². The molecule has 164 valence electrons. The van der Waals surface area contributed by atoms with Gasteiger partial charge in [0.15, 0.2) is 11.5 Å². The number of aryl methyl sites for hydroxylation is 1. The van der Waals surface area contributed by atoms with Crippen LogP contribution in [0.1, 0.15) is 51.7 Å². The van der Waals surface area contributed by atoms with Crippen molar-refractivity contribution < 1.29 is 14.2 Å². The number of benzene rings is 3. The van der Waals surface area contributed by atoms with Gasteiger partial charge in [0.2, 0.25) is 0 Å². The molecule has 0 aliphatic heterocycles. The standard InChI is InChI=1S/C28H34O3/c1-5-29-26-18-17-23(21-27(26)30-6-2)28(3,4)19-11-13-22-12-10-16-25(20-22)31-24-14-8-7-9-15-24/h7-10,12,14-18,20-21H,5-6,11,13,19H2,1-4H3. The number of hydrogen-bond donors (Lipinski definition) is 0. The molecule has 0 radical (unpaired) electrons. The Labute approximate surface area is 187 Å². The molecule has 0 spiro atoms. The second-order valence-electron chi connectivity index (χ2n) is 8.33. The molecule has 0 N–H and O–H groups in total. The zero-order chi connectivity index (χ0) is 22.1. The molecule has 0 saturated heterocycles. The molecular formula is C28H34O3. The quantitative estimate of drug-likeness (QED) is 0.321. The number of ether oxygens (including phenoxy) is 3. The topological polar surface area (TPSA) is 27.7 Å². The van der Waals surface area contributed by atoms with Gasteiger partial charge < -0.3 is 14.2 Å². The Balaban J connectivity index is 1.62. The van der Waals surface area contributed by atoms with Gasteiger partial charge in [-0.25, -0.2) is 0 Å². The van der Waals surface area contributed by atoms with Gasteiger partial charge in [-0.2, -0.15) is 0 Å². The lowest BCUT2D eigenvalue weighted by atomic mass is 9.79. The van der Waals surface area contributed by atoms with Crippen LogP contribution < -0.4 is 14.2 Å². The first kappa shape index (κ1) is 22.7. The van der Waals surface area contributed by atoms with Crippen LogP contribution in [0.5, 0.6) is 23.0 Å². The van der Waals surface area contributed by atoms with Crippen molar-refractivity contribution in [2.45, 2.75) is 52.4 Å². The van der Waals surface area contributed by atoms with E-state index >= 15 is 0 Å². The summed E-state index contributed by atoms with van der Waals surface area (Å²) in [5.41, 5.74) is 2.63. The third kappa shape index (κ3) is 6.52. The fraction of sp³-hybridized carbons (Fsp3) is 0.357. The Bertz CT molecular complexity index is 947. The van der Waals surface area contributed by atoms with Crippen molar-refractivity contribution in [2.75, 3.05) is 13.2 Å². The summed E-state index contributed by atoms with van der Waals surface area (Å²) in [6.45, 7) is 9.86. The smallest absolute Gasteiger partial charge is 0.161 e. The van der Waals surface area contributed by atoms with Crippen LogP contribution in [0.25, 0.3) is 0 Å². The van der Waals surface area contributed by atoms with Crippen LogP contribution in [0.2, 0.25) is 0 Å². The predicted molar refractivity (Wildman–Crippen MR) is 128 cm³/mol. The first-order valence-corrected chi connectivity index (χ1v) is 11.2. The van der Waals surface area contributed by atoms with E-state index in [1.165, 1.54) is 11.1 Å². The molecule has 3 rings (SSSR count).